The van der Waals surface area contributed by atoms with Gasteiger partial charge in [-0.15, -0.1) is 0 Å². The Morgan fingerprint density at radius 1 is 0.615 bits per heavy atom. The Morgan fingerprint density at radius 2 is 1.12 bits per heavy atom. The molecule has 2 heterocycles. The summed E-state index contributed by atoms with van der Waals surface area (Å²) in [6.07, 6.45) is 12.7. The highest BCUT2D eigenvalue weighted by atomic mass is 16.5. The van der Waals surface area contributed by atoms with Crippen molar-refractivity contribution < 1.29 is 23.5 Å². The smallest absolute Gasteiger partial charge is 0.497 e. The fourth-order valence-electron chi connectivity index (χ4n) is 5.79. The summed E-state index contributed by atoms with van der Waals surface area (Å²) in [7, 11) is 7.34. The number of benzene rings is 4. The number of nitrogens with zero attached hydrogens (tertiary/aromatic N) is 7. The van der Waals surface area contributed by atoms with Crippen LogP contribution >= 0.6 is 0 Å². The molecule has 6 rings (SSSR count). The van der Waals surface area contributed by atoms with Crippen molar-refractivity contribution in [2.75, 3.05) is 38.4 Å². The average Bonchev–Trinajstić information content (AvgIpc) is 3.72. The zero-order valence-electron chi connectivity index (χ0n) is 30.2. The third-order valence-corrected chi connectivity index (χ3v) is 8.77. The summed E-state index contributed by atoms with van der Waals surface area (Å²) in [5, 5.41) is 25.0. The summed E-state index contributed by atoms with van der Waals surface area (Å²) in [5.41, 5.74) is 5.55. The van der Waals surface area contributed by atoms with Gasteiger partial charge in [0.25, 0.3) is 0 Å². The van der Waals surface area contributed by atoms with Crippen molar-refractivity contribution in [1.82, 2.24) is 4.57 Å². The van der Waals surface area contributed by atoms with Crippen LogP contribution in [0, 0.1) is 0 Å². The SMILES string of the molecule is COc1ccc(Nc2ccc(N=NC3=[N+](C)C=C[NH+]3CCCCCCn3cc[n+](C)c3N=Nc3ccc(Nc4ccc(OC)cc4)cc3)cc2)cc1. The van der Waals surface area contributed by atoms with Crippen molar-refractivity contribution in [3.8, 4) is 11.5 Å². The second-order valence-corrected chi connectivity index (χ2v) is 12.5. The van der Waals surface area contributed by atoms with E-state index < -0.39 is 0 Å². The number of aryl methyl sites for hydroxylation is 2. The first-order chi connectivity index (χ1) is 25.5. The van der Waals surface area contributed by atoms with Crippen molar-refractivity contribution in [3.63, 3.8) is 0 Å². The third kappa shape index (κ3) is 9.76. The monoisotopic (exact) mass is 699 g/mol. The number of ether oxygens (including phenoxy) is 2. The van der Waals surface area contributed by atoms with E-state index in [4.69, 9.17) is 9.47 Å². The minimum absolute atomic E-state index is 0.795. The molecule has 0 radical (unpaired) electrons. The fraction of sp³-hybridized carbons (Fsp3) is 0.250. The Bertz CT molecular complexity index is 2020. The van der Waals surface area contributed by atoms with E-state index in [9.17, 15) is 0 Å². The van der Waals surface area contributed by atoms with Gasteiger partial charge in [-0.05, 0) is 121 Å². The van der Waals surface area contributed by atoms with Gasteiger partial charge in [0, 0.05) is 27.9 Å². The van der Waals surface area contributed by atoms with Crippen LogP contribution in [0.2, 0.25) is 0 Å². The van der Waals surface area contributed by atoms with Crippen LogP contribution in [-0.2, 0) is 13.6 Å². The van der Waals surface area contributed by atoms with Crippen molar-refractivity contribution in [2.24, 2.45) is 27.5 Å². The van der Waals surface area contributed by atoms with Gasteiger partial charge in [-0.2, -0.15) is 9.48 Å². The number of imidazole rings is 1. The molecule has 1 atom stereocenters. The van der Waals surface area contributed by atoms with Gasteiger partial charge in [0.2, 0.25) is 0 Å². The molecule has 12 nitrogen and oxygen atoms in total. The molecule has 3 N–H and O–H groups in total. The molecule has 1 aliphatic rings. The van der Waals surface area contributed by atoms with E-state index in [-0.39, 0.29) is 0 Å². The highest BCUT2D eigenvalue weighted by Gasteiger charge is 2.30. The highest BCUT2D eigenvalue weighted by molar-refractivity contribution is 5.68. The van der Waals surface area contributed by atoms with Gasteiger partial charge in [-0.25, -0.2) is 9.13 Å². The minimum Gasteiger partial charge on any atom is -0.497 e. The molecule has 0 aliphatic carbocycles. The molecule has 0 saturated heterocycles. The Kier molecular flexibility index (Phi) is 12.1. The maximum atomic E-state index is 5.24. The van der Waals surface area contributed by atoms with E-state index >= 15 is 0 Å². The molecule has 5 aromatic rings. The largest absolute Gasteiger partial charge is 0.524 e. The second-order valence-electron chi connectivity index (χ2n) is 12.5. The number of hydrogen-bond acceptors (Lipinski definition) is 8. The molecule has 1 unspecified atom stereocenters. The van der Waals surface area contributed by atoms with Crippen molar-refractivity contribution in [1.29, 1.82) is 0 Å². The fourth-order valence-corrected chi connectivity index (χ4v) is 5.79. The van der Waals surface area contributed by atoms with Crippen LogP contribution in [0.3, 0.4) is 0 Å². The zero-order valence-corrected chi connectivity index (χ0v) is 30.2. The van der Waals surface area contributed by atoms with Crippen LogP contribution in [0.15, 0.2) is 142 Å². The van der Waals surface area contributed by atoms with Gasteiger partial charge < -0.3 is 20.1 Å². The van der Waals surface area contributed by atoms with Gasteiger partial charge in [0.05, 0.1) is 53.8 Å². The van der Waals surface area contributed by atoms with E-state index in [1.807, 2.05) is 126 Å². The van der Waals surface area contributed by atoms with E-state index in [0.717, 1.165) is 96.3 Å². The number of azo groups is 2. The van der Waals surface area contributed by atoms with Crippen LogP contribution < -0.4 is 29.6 Å². The summed E-state index contributed by atoms with van der Waals surface area (Å²) in [5.74, 6) is 3.38. The zero-order chi connectivity index (χ0) is 36.1. The maximum Gasteiger partial charge on any atom is 0.524 e. The number of guanidine groups is 1. The lowest BCUT2D eigenvalue weighted by Gasteiger charge is -2.07. The molecule has 0 fully saturated rings. The lowest BCUT2D eigenvalue weighted by atomic mass is 10.2. The quantitative estimate of drug-likeness (QED) is 0.0552. The van der Waals surface area contributed by atoms with Gasteiger partial charge >= 0.3 is 11.9 Å². The average molecular weight is 700 g/mol. The number of hydrogen-bond donors (Lipinski definition) is 3. The lowest BCUT2D eigenvalue weighted by molar-refractivity contribution is -0.760. The Hall–Kier alpha value is -6.14. The molecule has 4 aromatic carbocycles. The molecule has 0 bridgehead atoms. The summed E-state index contributed by atoms with van der Waals surface area (Å²) >= 11 is 0. The van der Waals surface area contributed by atoms with Gasteiger partial charge in [0.15, 0.2) is 0 Å². The Labute approximate surface area is 305 Å². The van der Waals surface area contributed by atoms with E-state index in [2.05, 4.69) is 54.3 Å². The van der Waals surface area contributed by atoms with Gasteiger partial charge in [-0.3, -0.25) is 0 Å². The summed E-state index contributed by atoms with van der Waals surface area (Å²) in [4.78, 5) is 1.22. The van der Waals surface area contributed by atoms with Crippen molar-refractivity contribution in [3.05, 3.63) is 122 Å². The maximum absolute atomic E-state index is 5.24. The van der Waals surface area contributed by atoms with Crippen LogP contribution in [0.25, 0.3) is 0 Å². The van der Waals surface area contributed by atoms with Crippen LogP contribution in [0.1, 0.15) is 25.7 Å². The summed E-state index contributed by atoms with van der Waals surface area (Å²) in [6, 6.07) is 31.5. The number of rotatable bonds is 16. The van der Waals surface area contributed by atoms with Gasteiger partial charge in [-0.1, -0.05) is 11.5 Å². The molecule has 1 aromatic heterocycles. The first kappa shape index (κ1) is 35.7. The molecule has 266 valence electrons. The van der Waals surface area contributed by atoms with Crippen LogP contribution in [0.5, 0.6) is 11.5 Å². The van der Waals surface area contributed by atoms with Gasteiger partial charge in [0.1, 0.15) is 40.4 Å². The number of unbranched alkanes of at least 4 members (excludes halogenated alkanes) is 3. The standard InChI is InChI=1S/C40H44N10O2/c1-47-27-29-49(39(47)45-43-35-13-9-31(10-14-35)41-33-17-21-37(51-3)22-18-33)25-7-5-6-8-26-50-30-28-48(2)40(50)46-44-36-15-11-32(12-16-36)42-34-19-23-38(52-4)24-20-34/h9-24,27-30H,5-8,25-26H2,1-4H3/p+3. The number of aromatic nitrogens is 2. The first-order valence-electron chi connectivity index (χ1n) is 17.5. The molecular weight excluding hydrogens is 653 g/mol. The number of anilines is 4. The topological polar surface area (TPSA) is 108 Å². The van der Waals surface area contributed by atoms with Crippen molar-refractivity contribution >= 4 is 46.0 Å². The molecule has 1 aliphatic heterocycles. The van der Waals surface area contributed by atoms with E-state index in [1.165, 1.54) is 4.90 Å². The Morgan fingerprint density at radius 3 is 1.65 bits per heavy atom. The predicted octanol–water partition coefficient (Wildman–Crippen LogP) is 7.94. The number of nitrogens with one attached hydrogen (secondary N) is 3. The molecule has 0 saturated carbocycles. The van der Waals surface area contributed by atoms with E-state index in [1.54, 1.807) is 14.2 Å². The summed E-state index contributed by atoms with van der Waals surface area (Å²) < 4.78 is 16.7. The predicted molar refractivity (Wildman–Crippen MR) is 204 cm³/mol. The molecule has 12 heteroatoms. The third-order valence-electron chi connectivity index (χ3n) is 8.77. The number of quaternary nitrogens is 1. The normalized spacial score (nSPS) is 14.1. The summed E-state index contributed by atoms with van der Waals surface area (Å²) in [6.45, 7) is 1.85. The molecular formula is C40H47N10O2+3. The molecule has 0 spiro atoms. The van der Waals surface area contributed by atoms with E-state index in [0.29, 0.717) is 0 Å². The second kappa shape index (κ2) is 17.7. The Balaban J connectivity index is 0.923. The lowest BCUT2D eigenvalue weighted by Crippen LogP contribution is -3.09. The molecule has 0 amide bonds. The highest BCUT2D eigenvalue weighted by Crippen LogP contribution is 2.24. The van der Waals surface area contributed by atoms with Crippen LogP contribution in [0.4, 0.5) is 40.1 Å². The first-order valence-corrected chi connectivity index (χ1v) is 17.5. The van der Waals surface area contributed by atoms with Crippen LogP contribution in [-0.4, -0.2) is 42.9 Å². The number of methoxy groups -OCH3 is 2. The molecule has 52 heavy (non-hydrogen) atoms. The van der Waals surface area contributed by atoms with Crippen molar-refractivity contribution in [2.45, 2.75) is 32.2 Å². The minimum atomic E-state index is 0.795.